The summed E-state index contributed by atoms with van der Waals surface area (Å²) in [5, 5.41) is 0. The Labute approximate surface area is 120 Å². The molecule has 0 N–H and O–H groups in total. The molecule has 0 spiro atoms. The van der Waals surface area contributed by atoms with Gasteiger partial charge in [0.2, 0.25) is 8.32 Å². The fraction of sp³-hybridized carbons (Fsp3) is 0.500. The Bertz CT molecular complexity index is 411. The summed E-state index contributed by atoms with van der Waals surface area (Å²) in [6, 6.07) is 10.7. The second-order valence-corrected chi connectivity index (χ2v) is 16.6. The van der Waals surface area contributed by atoms with E-state index >= 15 is 0 Å². The fourth-order valence-electron chi connectivity index (χ4n) is 1.94. The molecule has 1 aromatic rings. The molecule has 1 aromatic carbocycles. The lowest BCUT2D eigenvalue weighted by Crippen LogP contribution is -2.27. The van der Waals surface area contributed by atoms with Crippen LogP contribution < -0.4 is 0 Å². The van der Waals surface area contributed by atoms with Crippen LogP contribution >= 0.6 is 0 Å². The largest absolute Gasteiger partial charge is 0.548 e. The van der Waals surface area contributed by atoms with Gasteiger partial charge in [-0.15, -0.1) is 0 Å². The maximum atomic E-state index is 6.27. The van der Waals surface area contributed by atoms with Gasteiger partial charge in [-0.1, -0.05) is 55.7 Å². The topological polar surface area (TPSA) is 9.23 Å². The standard InChI is InChI=1S/C16H28OSi2/c1-18(2,3)14-16(17-19(4,5)6)13-12-15-10-8-7-9-11-15/h7-11,14H,12-13H2,1-6H3/b16-14-. The lowest BCUT2D eigenvalue weighted by atomic mass is 10.1. The summed E-state index contributed by atoms with van der Waals surface area (Å²) < 4.78 is 6.27. The summed E-state index contributed by atoms with van der Waals surface area (Å²) in [5.41, 5.74) is 3.82. The van der Waals surface area contributed by atoms with Gasteiger partial charge in [0.15, 0.2) is 0 Å². The molecule has 1 nitrogen and oxygen atoms in total. The Hall–Kier alpha value is -0.806. The average molecular weight is 293 g/mol. The maximum absolute atomic E-state index is 6.27. The Balaban J connectivity index is 2.73. The van der Waals surface area contributed by atoms with Crippen molar-refractivity contribution in [1.29, 1.82) is 0 Å². The molecular weight excluding hydrogens is 264 g/mol. The number of rotatable bonds is 6. The van der Waals surface area contributed by atoms with Crippen molar-refractivity contribution in [3.8, 4) is 0 Å². The van der Waals surface area contributed by atoms with Crippen LogP contribution in [-0.2, 0) is 10.8 Å². The zero-order valence-electron chi connectivity index (χ0n) is 13.3. The fourth-order valence-corrected chi connectivity index (χ4v) is 4.18. The molecule has 0 aliphatic carbocycles. The van der Waals surface area contributed by atoms with Crippen LogP contribution in [0.3, 0.4) is 0 Å². The minimum Gasteiger partial charge on any atom is -0.548 e. The van der Waals surface area contributed by atoms with Gasteiger partial charge in [-0.2, -0.15) is 0 Å². The van der Waals surface area contributed by atoms with Crippen molar-refractivity contribution >= 4 is 16.4 Å². The molecule has 0 amide bonds. The van der Waals surface area contributed by atoms with Gasteiger partial charge in [0.25, 0.3) is 0 Å². The molecule has 0 aromatic heterocycles. The van der Waals surface area contributed by atoms with E-state index in [-0.39, 0.29) is 0 Å². The van der Waals surface area contributed by atoms with E-state index in [2.05, 4.69) is 75.3 Å². The number of benzene rings is 1. The van der Waals surface area contributed by atoms with Crippen LogP contribution in [0.1, 0.15) is 12.0 Å². The molecule has 0 saturated heterocycles. The first kappa shape index (κ1) is 16.2. The summed E-state index contributed by atoms with van der Waals surface area (Å²) in [4.78, 5) is 0. The number of aryl methyl sites for hydroxylation is 1. The predicted octanol–water partition coefficient (Wildman–Crippen LogP) is 5.23. The molecule has 0 heterocycles. The normalized spacial score (nSPS) is 13.5. The molecule has 0 aliphatic heterocycles. The summed E-state index contributed by atoms with van der Waals surface area (Å²) in [5.74, 6) is 1.22. The van der Waals surface area contributed by atoms with E-state index in [0.717, 1.165) is 12.8 Å². The third-order valence-electron chi connectivity index (χ3n) is 2.53. The van der Waals surface area contributed by atoms with Crippen LogP contribution in [0, 0.1) is 0 Å². The van der Waals surface area contributed by atoms with Gasteiger partial charge in [0, 0.05) is 6.42 Å². The Kier molecular flexibility index (Phi) is 5.62. The van der Waals surface area contributed by atoms with E-state index in [4.69, 9.17) is 4.43 Å². The van der Waals surface area contributed by atoms with Crippen molar-refractivity contribution in [2.75, 3.05) is 0 Å². The SMILES string of the molecule is C[Si](C)(C)/C=C(/CCc1ccccc1)O[Si](C)(C)C. The van der Waals surface area contributed by atoms with Crippen molar-refractivity contribution in [2.45, 2.75) is 52.1 Å². The highest BCUT2D eigenvalue weighted by atomic mass is 28.4. The van der Waals surface area contributed by atoms with Crippen LogP contribution in [-0.4, -0.2) is 16.4 Å². The average Bonchev–Trinajstić information content (AvgIpc) is 2.23. The third kappa shape index (κ3) is 8.06. The number of allylic oxidation sites excluding steroid dienone is 1. The van der Waals surface area contributed by atoms with Gasteiger partial charge in [0.1, 0.15) is 0 Å². The molecule has 0 saturated carbocycles. The van der Waals surface area contributed by atoms with Crippen molar-refractivity contribution < 1.29 is 4.43 Å². The second-order valence-electron chi connectivity index (χ2n) is 7.18. The van der Waals surface area contributed by atoms with Gasteiger partial charge in [-0.25, -0.2) is 0 Å². The van der Waals surface area contributed by atoms with Crippen molar-refractivity contribution in [1.82, 2.24) is 0 Å². The second kappa shape index (κ2) is 6.57. The van der Waals surface area contributed by atoms with Crippen molar-refractivity contribution in [3.05, 3.63) is 47.4 Å². The van der Waals surface area contributed by atoms with Crippen LogP contribution in [0.15, 0.2) is 41.8 Å². The molecule has 0 aliphatic rings. The van der Waals surface area contributed by atoms with Crippen LogP contribution in [0.2, 0.25) is 39.3 Å². The van der Waals surface area contributed by atoms with Crippen LogP contribution in [0.5, 0.6) is 0 Å². The van der Waals surface area contributed by atoms with E-state index in [1.165, 1.54) is 11.3 Å². The molecule has 0 fully saturated rings. The van der Waals surface area contributed by atoms with E-state index in [1.54, 1.807) is 0 Å². The lowest BCUT2D eigenvalue weighted by molar-refractivity contribution is 0.400. The molecule has 0 atom stereocenters. The van der Waals surface area contributed by atoms with Gasteiger partial charge in [0.05, 0.1) is 13.8 Å². The van der Waals surface area contributed by atoms with E-state index in [1.807, 2.05) is 0 Å². The van der Waals surface area contributed by atoms with Crippen molar-refractivity contribution in [3.63, 3.8) is 0 Å². The van der Waals surface area contributed by atoms with E-state index in [9.17, 15) is 0 Å². The monoisotopic (exact) mass is 292 g/mol. The maximum Gasteiger partial charge on any atom is 0.241 e. The molecule has 106 valence electrons. The first-order chi connectivity index (χ1) is 8.66. The van der Waals surface area contributed by atoms with Gasteiger partial charge < -0.3 is 4.43 Å². The molecule has 0 bridgehead atoms. The zero-order valence-corrected chi connectivity index (χ0v) is 15.3. The minimum absolute atomic E-state index is 1.03. The quantitative estimate of drug-likeness (QED) is 0.515. The molecular formula is C16H28OSi2. The van der Waals surface area contributed by atoms with Gasteiger partial charge >= 0.3 is 0 Å². The highest BCUT2D eigenvalue weighted by molar-refractivity contribution is 6.81. The lowest BCUT2D eigenvalue weighted by Gasteiger charge is -2.24. The Morgan fingerprint density at radius 1 is 1.00 bits per heavy atom. The zero-order chi connectivity index (χ0) is 14.5. The Morgan fingerprint density at radius 2 is 1.58 bits per heavy atom. The van der Waals surface area contributed by atoms with Crippen LogP contribution in [0.25, 0.3) is 0 Å². The van der Waals surface area contributed by atoms with Gasteiger partial charge in [-0.05, 0) is 31.6 Å². The summed E-state index contributed by atoms with van der Waals surface area (Å²) in [7, 11) is -2.73. The molecule has 19 heavy (non-hydrogen) atoms. The van der Waals surface area contributed by atoms with Crippen LogP contribution in [0.4, 0.5) is 0 Å². The summed E-state index contributed by atoms with van der Waals surface area (Å²) in [6.45, 7) is 13.9. The molecule has 1 rings (SSSR count). The Morgan fingerprint density at radius 3 is 2.05 bits per heavy atom. The molecule has 0 radical (unpaired) electrons. The smallest absolute Gasteiger partial charge is 0.241 e. The summed E-state index contributed by atoms with van der Waals surface area (Å²) in [6.07, 6.45) is 2.10. The highest BCUT2D eigenvalue weighted by Crippen LogP contribution is 2.19. The summed E-state index contributed by atoms with van der Waals surface area (Å²) >= 11 is 0. The first-order valence-corrected chi connectivity index (χ1v) is 14.1. The van der Waals surface area contributed by atoms with E-state index < -0.39 is 16.4 Å². The highest BCUT2D eigenvalue weighted by Gasteiger charge is 2.20. The van der Waals surface area contributed by atoms with E-state index in [0.29, 0.717) is 0 Å². The molecule has 3 heteroatoms. The first-order valence-electron chi connectivity index (χ1n) is 7.10. The molecule has 0 unspecified atom stereocenters. The number of hydrogen-bond acceptors (Lipinski definition) is 1. The minimum atomic E-state index is -1.50. The third-order valence-corrected chi connectivity index (χ3v) is 4.60. The van der Waals surface area contributed by atoms with Crippen molar-refractivity contribution in [2.24, 2.45) is 0 Å². The van der Waals surface area contributed by atoms with Gasteiger partial charge in [-0.3, -0.25) is 0 Å². The number of hydrogen-bond donors (Lipinski definition) is 0. The predicted molar refractivity (Wildman–Crippen MR) is 90.6 cm³/mol.